The highest BCUT2D eigenvalue weighted by molar-refractivity contribution is 7.19. The average Bonchev–Trinajstić information content (AvgIpc) is 3.20. The molecule has 0 N–H and O–H groups in total. The first-order valence-electron chi connectivity index (χ1n) is 10.5. The Hall–Kier alpha value is -2.35. The van der Waals surface area contributed by atoms with Gasteiger partial charge in [-0.25, -0.2) is 14.1 Å². The summed E-state index contributed by atoms with van der Waals surface area (Å²) in [6.45, 7) is 4.49. The fourth-order valence-electron chi connectivity index (χ4n) is 4.65. The normalized spacial score (nSPS) is 17.5. The molecule has 2 aromatic carbocycles. The lowest BCUT2D eigenvalue weighted by Crippen LogP contribution is -2.55. The fourth-order valence-corrected chi connectivity index (χ4v) is 5.87. The first-order valence-corrected chi connectivity index (χ1v) is 12.1. The molecule has 1 saturated carbocycles. The monoisotopic (exact) mass is 487 g/mol. The van der Waals surface area contributed by atoms with Crippen LogP contribution >= 0.6 is 34.5 Å². The Kier molecular flexibility index (Phi) is 4.65. The van der Waals surface area contributed by atoms with Crippen LogP contribution in [0.15, 0.2) is 42.6 Å². The number of aromatic nitrogens is 3. The van der Waals surface area contributed by atoms with E-state index >= 15 is 0 Å². The smallest absolute Gasteiger partial charge is 0.186 e. The number of fused-ring (bicyclic) bond motifs is 1. The molecule has 1 spiro atoms. The van der Waals surface area contributed by atoms with Crippen molar-refractivity contribution in [3.8, 4) is 5.69 Å². The van der Waals surface area contributed by atoms with Gasteiger partial charge in [-0.15, -0.1) is 5.10 Å². The summed E-state index contributed by atoms with van der Waals surface area (Å²) in [5.41, 5.74) is 2.70. The third-order valence-electron chi connectivity index (χ3n) is 6.43. The Morgan fingerprint density at radius 1 is 1.09 bits per heavy atom. The van der Waals surface area contributed by atoms with E-state index in [1.165, 1.54) is 23.5 Å². The molecule has 164 valence electrons. The highest BCUT2D eigenvalue weighted by atomic mass is 35.5. The summed E-state index contributed by atoms with van der Waals surface area (Å²) in [5.74, 6) is 0.453. The van der Waals surface area contributed by atoms with Crippen LogP contribution in [0.4, 0.5) is 15.3 Å². The lowest BCUT2D eigenvalue weighted by atomic mass is 10.1. The van der Waals surface area contributed by atoms with Gasteiger partial charge in [-0.1, -0.05) is 52.2 Å². The summed E-state index contributed by atoms with van der Waals surface area (Å²) in [6, 6.07) is 11.0. The average molecular weight is 488 g/mol. The molecule has 1 aliphatic carbocycles. The Morgan fingerprint density at radius 3 is 2.56 bits per heavy atom. The Morgan fingerprint density at radius 2 is 1.88 bits per heavy atom. The molecule has 0 bridgehead atoms. The van der Waals surface area contributed by atoms with Crippen LogP contribution in [0.3, 0.4) is 0 Å². The molecule has 2 aliphatic rings. The van der Waals surface area contributed by atoms with Gasteiger partial charge in [0.05, 0.1) is 33.3 Å². The van der Waals surface area contributed by atoms with E-state index in [1.54, 1.807) is 6.20 Å². The zero-order valence-corrected chi connectivity index (χ0v) is 19.7. The molecular weight excluding hydrogens is 468 g/mol. The van der Waals surface area contributed by atoms with Gasteiger partial charge in [-0.05, 0) is 38.0 Å². The first-order chi connectivity index (χ1) is 15.4. The second kappa shape index (κ2) is 7.33. The van der Waals surface area contributed by atoms with Crippen molar-refractivity contribution in [2.24, 2.45) is 0 Å². The molecule has 0 amide bonds. The molecule has 1 saturated heterocycles. The van der Waals surface area contributed by atoms with Crippen LogP contribution in [0, 0.1) is 12.7 Å². The number of thiazole rings is 1. The Labute approximate surface area is 199 Å². The van der Waals surface area contributed by atoms with Crippen molar-refractivity contribution in [3.05, 3.63) is 63.3 Å². The van der Waals surface area contributed by atoms with Gasteiger partial charge in [0, 0.05) is 25.7 Å². The summed E-state index contributed by atoms with van der Waals surface area (Å²) in [5, 5.41) is 7.13. The number of halogens is 3. The molecule has 9 heteroatoms. The summed E-state index contributed by atoms with van der Waals surface area (Å²) in [4.78, 5) is 9.14. The molecule has 2 fully saturated rings. The van der Waals surface area contributed by atoms with Gasteiger partial charge in [-0.3, -0.25) is 0 Å². The van der Waals surface area contributed by atoms with Gasteiger partial charge >= 0.3 is 0 Å². The third-order valence-corrected chi connectivity index (χ3v) is 7.90. The molecule has 6 rings (SSSR count). The minimum atomic E-state index is -0.367. The van der Waals surface area contributed by atoms with E-state index in [0.29, 0.717) is 14.9 Å². The summed E-state index contributed by atoms with van der Waals surface area (Å²) in [7, 11) is 0. The van der Waals surface area contributed by atoms with Crippen molar-refractivity contribution in [1.29, 1.82) is 0 Å². The number of aryl methyl sites for hydroxylation is 1. The van der Waals surface area contributed by atoms with Crippen molar-refractivity contribution < 1.29 is 4.39 Å². The van der Waals surface area contributed by atoms with E-state index in [4.69, 9.17) is 28.3 Å². The quantitative estimate of drug-likeness (QED) is 0.350. The Bertz CT molecular complexity index is 1330. The van der Waals surface area contributed by atoms with Gasteiger partial charge in [0.1, 0.15) is 10.2 Å². The number of benzene rings is 2. The maximum atomic E-state index is 14.4. The number of nitrogens with zero attached hydrogens (tertiary/aromatic N) is 5. The number of anilines is 2. The minimum absolute atomic E-state index is 0.0203. The molecule has 3 heterocycles. The van der Waals surface area contributed by atoms with E-state index in [2.05, 4.69) is 14.8 Å². The predicted octanol–water partition coefficient (Wildman–Crippen LogP) is 6.10. The van der Waals surface area contributed by atoms with Gasteiger partial charge in [0.2, 0.25) is 0 Å². The van der Waals surface area contributed by atoms with E-state index in [9.17, 15) is 4.39 Å². The van der Waals surface area contributed by atoms with Crippen LogP contribution < -0.4 is 9.80 Å². The standard InChI is InChI=1S/C23H20Cl2FN5S/c1-14-2-4-16(5-3-14)31-18-11-15(26)10-17(24)20(18)21(28-31)30-9-8-29(13-23(30)6-7-23)22-27-12-19(25)32-22/h2-5,10-12H,6-9,13H2,1H3. The summed E-state index contributed by atoms with van der Waals surface area (Å²) >= 11 is 14.2. The highest BCUT2D eigenvalue weighted by Crippen LogP contribution is 2.49. The van der Waals surface area contributed by atoms with Gasteiger partial charge in [-0.2, -0.15) is 0 Å². The molecule has 0 atom stereocenters. The SMILES string of the molecule is Cc1ccc(-n2nc(N3CCN(c4ncc(Cl)s4)CC34CC4)c3c(Cl)cc(F)cc32)cc1. The first kappa shape index (κ1) is 20.3. The zero-order valence-electron chi connectivity index (χ0n) is 17.4. The lowest BCUT2D eigenvalue weighted by molar-refractivity contribution is 0.504. The molecule has 5 nitrogen and oxygen atoms in total. The number of rotatable bonds is 3. The van der Waals surface area contributed by atoms with E-state index in [1.807, 2.05) is 35.9 Å². The second-order valence-electron chi connectivity index (χ2n) is 8.60. The van der Waals surface area contributed by atoms with E-state index in [-0.39, 0.29) is 11.4 Å². The molecule has 0 unspecified atom stereocenters. The molecule has 32 heavy (non-hydrogen) atoms. The van der Waals surface area contributed by atoms with Crippen molar-refractivity contribution in [3.63, 3.8) is 0 Å². The van der Waals surface area contributed by atoms with Crippen molar-refractivity contribution in [2.75, 3.05) is 29.4 Å². The minimum Gasteiger partial charge on any atom is -0.345 e. The maximum absolute atomic E-state index is 14.4. The third kappa shape index (κ3) is 3.26. The molecular formula is C23H20Cl2FN5S. The van der Waals surface area contributed by atoms with Crippen molar-refractivity contribution >= 4 is 56.4 Å². The van der Waals surface area contributed by atoms with Crippen LogP contribution in [0.2, 0.25) is 9.36 Å². The predicted molar refractivity (Wildman–Crippen MR) is 129 cm³/mol. The number of hydrogen-bond donors (Lipinski definition) is 0. The topological polar surface area (TPSA) is 37.2 Å². The largest absolute Gasteiger partial charge is 0.345 e. The van der Waals surface area contributed by atoms with Gasteiger partial charge in [0.25, 0.3) is 0 Å². The molecule has 2 aromatic heterocycles. The molecule has 4 aromatic rings. The molecule has 0 radical (unpaired) electrons. The maximum Gasteiger partial charge on any atom is 0.186 e. The lowest BCUT2D eigenvalue weighted by Gasteiger charge is -2.42. The van der Waals surface area contributed by atoms with Crippen molar-refractivity contribution in [1.82, 2.24) is 14.8 Å². The summed E-state index contributed by atoms with van der Waals surface area (Å²) < 4.78 is 16.9. The Balaban J connectivity index is 1.45. The number of piperazine rings is 1. The molecule has 1 aliphatic heterocycles. The van der Waals surface area contributed by atoms with Crippen molar-refractivity contribution in [2.45, 2.75) is 25.3 Å². The van der Waals surface area contributed by atoms with Crippen LogP contribution in [0.25, 0.3) is 16.6 Å². The van der Waals surface area contributed by atoms with E-state index < -0.39 is 0 Å². The fraction of sp³-hybridized carbons (Fsp3) is 0.304. The van der Waals surface area contributed by atoms with Gasteiger partial charge < -0.3 is 9.80 Å². The second-order valence-corrected chi connectivity index (χ2v) is 10.6. The van der Waals surface area contributed by atoms with Crippen LogP contribution in [0.1, 0.15) is 18.4 Å². The highest BCUT2D eigenvalue weighted by Gasteiger charge is 2.53. The van der Waals surface area contributed by atoms with Crippen LogP contribution in [-0.2, 0) is 0 Å². The van der Waals surface area contributed by atoms with Gasteiger partial charge in [0.15, 0.2) is 10.9 Å². The number of hydrogen-bond acceptors (Lipinski definition) is 5. The van der Waals surface area contributed by atoms with Crippen LogP contribution in [0.5, 0.6) is 0 Å². The van der Waals surface area contributed by atoms with Crippen LogP contribution in [-0.4, -0.2) is 39.9 Å². The summed E-state index contributed by atoms with van der Waals surface area (Å²) in [6.07, 6.45) is 3.85. The van der Waals surface area contributed by atoms with E-state index in [0.717, 1.165) is 60.1 Å². The zero-order chi connectivity index (χ0) is 22.0.